The number of ether oxygens (including phenoxy) is 1. The van der Waals surface area contributed by atoms with Crippen molar-refractivity contribution in [1.29, 1.82) is 0 Å². The minimum Gasteiger partial charge on any atom is -0.368 e. The molecule has 2 aromatic heterocycles. The van der Waals surface area contributed by atoms with Crippen molar-refractivity contribution < 1.29 is 9.53 Å². The topological polar surface area (TPSA) is 71.1 Å². The van der Waals surface area contributed by atoms with Gasteiger partial charge in [0.15, 0.2) is 5.69 Å². The predicted octanol–water partition coefficient (Wildman–Crippen LogP) is 4.69. The van der Waals surface area contributed by atoms with Gasteiger partial charge in [-0.25, -0.2) is 0 Å². The molecule has 0 bridgehead atoms. The summed E-state index contributed by atoms with van der Waals surface area (Å²) in [6.45, 7) is 7.63. The maximum Gasteiger partial charge on any atom is 0.275 e. The number of aromatic amines is 1. The summed E-state index contributed by atoms with van der Waals surface area (Å²) in [5, 5.41) is 8.16. The normalized spacial score (nSPS) is 16.3. The number of H-pyrrole nitrogens is 1. The van der Waals surface area contributed by atoms with E-state index in [0.717, 1.165) is 34.3 Å². The molecule has 1 aliphatic heterocycles. The molecule has 1 aliphatic rings. The molecule has 1 amide bonds. The third-order valence-electron chi connectivity index (χ3n) is 6.29. The summed E-state index contributed by atoms with van der Waals surface area (Å²) in [6, 6.07) is 18.7. The van der Waals surface area contributed by atoms with Crippen LogP contribution < -0.4 is 0 Å². The lowest BCUT2D eigenvalue weighted by molar-refractivity contribution is -0.0249. The lowest BCUT2D eigenvalue weighted by Crippen LogP contribution is -2.42. The lowest BCUT2D eigenvalue weighted by atomic mass is 9.99. The molecule has 2 aromatic carbocycles. The number of amides is 1. The van der Waals surface area contributed by atoms with Crippen molar-refractivity contribution in [3.63, 3.8) is 0 Å². The number of aryl methyl sites for hydroxylation is 3. The molecule has 1 atom stereocenters. The molecule has 33 heavy (non-hydrogen) atoms. The second-order valence-electron chi connectivity index (χ2n) is 8.88. The molecule has 0 aliphatic carbocycles. The Labute approximate surface area is 193 Å². The van der Waals surface area contributed by atoms with Crippen LogP contribution in [-0.4, -0.2) is 45.7 Å². The molecule has 168 valence electrons. The van der Waals surface area contributed by atoms with Gasteiger partial charge in [-0.15, -0.1) is 0 Å². The Morgan fingerprint density at radius 3 is 2.82 bits per heavy atom. The predicted molar refractivity (Wildman–Crippen MR) is 128 cm³/mol. The molecular weight excluding hydrogens is 412 g/mol. The Kier molecular flexibility index (Phi) is 5.68. The first kappa shape index (κ1) is 21.3. The second-order valence-corrected chi connectivity index (χ2v) is 8.88. The molecule has 0 radical (unpaired) electrons. The molecule has 0 spiro atoms. The van der Waals surface area contributed by atoms with Crippen molar-refractivity contribution in [2.75, 3.05) is 19.7 Å². The highest BCUT2D eigenvalue weighted by Crippen LogP contribution is 2.26. The lowest BCUT2D eigenvalue weighted by Gasteiger charge is -2.32. The van der Waals surface area contributed by atoms with E-state index < -0.39 is 0 Å². The van der Waals surface area contributed by atoms with Gasteiger partial charge in [0.25, 0.3) is 5.91 Å². The maximum atomic E-state index is 13.3. The van der Waals surface area contributed by atoms with Gasteiger partial charge in [0.1, 0.15) is 6.10 Å². The molecular formula is C27H28N4O2. The van der Waals surface area contributed by atoms with Gasteiger partial charge in [0.2, 0.25) is 0 Å². The first-order valence-corrected chi connectivity index (χ1v) is 11.4. The summed E-state index contributed by atoms with van der Waals surface area (Å²) in [5.74, 6) is -0.0760. The van der Waals surface area contributed by atoms with E-state index in [0.29, 0.717) is 25.4 Å². The zero-order valence-electron chi connectivity index (χ0n) is 19.3. The van der Waals surface area contributed by atoms with Gasteiger partial charge in [-0.2, -0.15) is 5.10 Å². The molecule has 1 N–H and O–H groups in total. The van der Waals surface area contributed by atoms with Crippen LogP contribution in [0.15, 0.2) is 54.6 Å². The highest BCUT2D eigenvalue weighted by atomic mass is 16.5. The van der Waals surface area contributed by atoms with Crippen LogP contribution in [-0.2, 0) is 11.2 Å². The number of hydrogen-bond acceptors (Lipinski definition) is 4. The molecule has 0 saturated carbocycles. The average Bonchev–Trinajstić information content (AvgIpc) is 3.23. The summed E-state index contributed by atoms with van der Waals surface area (Å²) in [5.41, 5.74) is 8.05. The first-order valence-electron chi connectivity index (χ1n) is 11.4. The number of nitrogens with zero attached hydrogens (tertiary/aromatic N) is 3. The molecule has 1 fully saturated rings. The van der Waals surface area contributed by atoms with E-state index in [9.17, 15) is 4.79 Å². The highest BCUT2D eigenvalue weighted by molar-refractivity contribution is 6.04. The van der Waals surface area contributed by atoms with Crippen LogP contribution in [0.5, 0.6) is 0 Å². The largest absolute Gasteiger partial charge is 0.368 e. The quantitative estimate of drug-likeness (QED) is 0.500. The molecule has 1 saturated heterocycles. The summed E-state index contributed by atoms with van der Waals surface area (Å²) in [4.78, 5) is 19.9. The fourth-order valence-electron chi connectivity index (χ4n) is 4.52. The molecule has 5 rings (SSSR count). The summed E-state index contributed by atoms with van der Waals surface area (Å²) >= 11 is 0. The molecule has 4 aromatic rings. The summed E-state index contributed by atoms with van der Waals surface area (Å²) < 4.78 is 6.07. The van der Waals surface area contributed by atoms with E-state index in [1.54, 1.807) is 0 Å². The van der Waals surface area contributed by atoms with Crippen LogP contribution >= 0.6 is 0 Å². The highest BCUT2D eigenvalue weighted by Gasteiger charge is 2.29. The number of carbonyl (C=O) groups is 1. The van der Waals surface area contributed by atoms with E-state index in [1.807, 2.05) is 36.9 Å². The summed E-state index contributed by atoms with van der Waals surface area (Å²) in [6.07, 6.45) is 0.585. The maximum absolute atomic E-state index is 13.3. The zero-order chi connectivity index (χ0) is 22.9. The summed E-state index contributed by atoms with van der Waals surface area (Å²) in [7, 11) is 0. The van der Waals surface area contributed by atoms with Crippen molar-refractivity contribution in [1.82, 2.24) is 20.1 Å². The van der Waals surface area contributed by atoms with Crippen LogP contribution in [0.25, 0.3) is 10.9 Å². The average molecular weight is 441 g/mol. The van der Waals surface area contributed by atoms with Crippen LogP contribution in [0.2, 0.25) is 0 Å². The molecule has 3 heterocycles. The minimum absolute atomic E-state index is 0.0760. The number of rotatable bonds is 4. The minimum atomic E-state index is -0.259. The van der Waals surface area contributed by atoms with Crippen LogP contribution in [0.1, 0.15) is 50.2 Å². The number of nitrogens with one attached hydrogen (secondary N) is 1. The molecule has 6 nitrogen and oxygen atoms in total. The van der Waals surface area contributed by atoms with Gasteiger partial charge in [-0.3, -0.25) is 14.9 Å². The van der Waals surface area contributed by atoms with E-state index in [2.05, 4.69) is 53.5 Å². The Hall–Kier alpha value is -3.51. The fraction of sp³-hybridized carbons (Fsp3) is 0.296. The van der Waals surface area contributed by atoms with Gasteiger partial charge in [0, 0.05) is 17.6 Å². The van der Waals surface area contributed by atoms with Crippen LogP contribution in [0.4, 0.5) is 0 Å². The van der Waals surface area contributed by atoms with Crippen LogP contribution in [0, 0.1) is 20.8 Å². The number of aromatic nitrogens is 3. The Morgan fingerprint density at radius 2 is 1.97 bits per heavy atom. The van der Waals surface area contributed by atoms with Gasteiger partial charge in [-0.05, 0) is 68.1 Å². The molecule has 0 unspecified atom stereocenters. The van der Waals surface area contributed by atoms with Gasteiger partial charge < -0.3 is 9.64 Å². The van der Waals surface area contributed by atoms with Crippen LogP contribution in [0.3, 0.4) is 0 Å². The smallest absolute Gasteiger partial charge is 0.275 e. The monoisotopic (exact) mass is 440 g/mol. The Bertz CT molecular complexity index is 1330. The second kappa shape index (κ2) is 8.79. The van der Waals surface area contributed by atoms with E-state index in [1.165, 1.54) is 16.7 Å². The van der Waals surface area contributed by atoms with E-state index >= 15 is 0 Å². The van der Waals surface area contributed by atoms with Gasteiger partial charge in [0.05, 0.1) is 24.4 Å². The van der Waals surface area contributed by atoms with Crippen molar-refractivity contribution >= 4 is 16.8 Å². The van der Waals surface area contributed by atoms with Gasteiger partial charge >= 0.3 is 0 Å². The third kappa shape index (κ3) is 4.39. The number of benzene rings is 2. The SMILES string of the molecule is Cc1ccc2[nH]nc(C(=O)N3CCO[C@@H](c4cc(Cc5ccccc5C)cc(C)n4)C3)c2c1. The number of fused-ring (bicyclic) bond motifs is 1. The number of pyridine rings is 1. The van der Waals surface area contributed by atoms with Crippen molar-refractivity contribution in [2.24, 2.45) is 0 Å². The number of hydrogen-bond donors (Lipinski definition) is 1. The van der Waals surface area contributed by atoms with E-state index in [-0.39, 0.29) is 12.0 Å². The fourth-order valence-corrected chi connectivity index (χ4v) is 4.52. The van der Waals surface area contributed by atoms with Crippen molar-refractivity contribution in [2.45, 2.75) is 33.3 Å². The Balaban J connectivity index is 1.38. The third-order valence-corrected chi connectivity index (χ3v) is 6.29. The van der Waals surface area contributed by atoms with Crippen molar-refractivity contribution in [3.8, 4) is 0 Å². The first-order chi connectivity index (χ1) is 16.0. The number of carbonyl (C=O) groups excluding carboxylic acids is 1. The zero-order valence-corrected chi connectivity index (χ0v) is 19.3. The molecule has 6 heteroatoms. The standard InChI is InChI=1S/C27H28N4O2/c1-17-8-9-23-22(12-17)26(30-29-23)27(32)31-10-11-33-25(16-31)24-15-20(13-19(3)28-24)14-21-7-5-4-6-18(21)2/h4-9,12-13,15,25H,10-11,14,16H2,1-3H3,(H,29,30)/t25-/m1/s1. The number of morpholine rings is 1. The van der Waals surface area contributed by atoms with E-state index in [4.69, 9.17) is 9.72 Å². The van der Waals surface area contributed by atoms with Gasteiger partial charge in [-0.1, -0.05) is 35.9 Å². The Morgan fingerprint density at radius 1 is 1.12 bits per heavy atom. The van der Waals surface area contributed by atoms with Crippen molar-refractivity contribution in [3.05, 3.63) is 93.9 Å².